The highest BCUT2D eigenvalue weighted by Crippen LogP contribution is 2.18. The van der Waals surface area contributed by atoms with Crippen LogP contribution in [-0.2, 0) is 14.3 Å². The predicted octanol–water partition coefficient (Wildman–Crippen LogP) is -1.69. The molecular weight excluding hydrogens is 250 g/mol. The number of nitrogens with zero attached hydrogens (tertiary/aromatic N) is 1. The molecule has 2 atom stereocenters. The molecule has 0 spiro atoms. The lowest BCUT2D eigenvalue weighted by Gasteiger charge is -2.36. The van der Waals surface area contributed by atoms with Gasteiger partial charge < -0.3 is 20.9 Å². The first kappa shape index (κ1) is 15.9. The number of amides is 1. The first-order valence-electron chi connectivity index (χ1n) is 6.49. The maximum atomic E-state index is 11.6. The van der Waals surface area contributed by atoms with E-state index in [-0.39, 0.29) is 31.1 Å². The molecule has 7 heteroatoms. The number of hydrogen-bond acceptors (Lipinski definition) is 6. The van der Waals surface area contributed by atoms with Crippen molar-refractivity contribution in [2.45, 2.75) is 18.9 Å². The van der Waals surface area contributed by atoms with Crippen LogP contribution in [0.15, 0.2) is 0 Å². The Hall–Kier alpha value is -1.18. The molecule has 19 heavy (non-hydrogen) atoms. The number of primary amides is 1. The van der Waals surface area contributed by atoms with Crippen LogP contribution in [0.5, 0.6) is 0 Å². The minimum absolute atomic E-state index is 0.101. The summed E-state index contributed by atoms with van der Waals surface area (Å²) in [6, 6.07) is 0.101. The van der Waals surface area contributed by atoms with Crippen LogP contribution >= 0.6 is 0 Å². The van der Waals surface area contributed by atoms with Crippen LogP contribution in [-0.4, -0.2) is 67.8 Å². The van der Waals surface area contributed by atoms with E-state index in [1.165, 1.54) is 7.11 Å². The second kappa shape index (κ2) is 8.08. The first-order valence-corrected chi connectivity index (χ1v) is 6.49. The van der Waals surface area contributed by atoms with Crippen molar-refractivity contribution < 1.29 is 19.4 Å². The number of piperidine rings is 1. The number of rotatable bonds is 7. The normalized spacial score (nSPS) is 24.1. The molecule has 4 N–H and O–H groups in total. The summed E-state index contributed by atoms with van der Waals surface area (Å²) in [6.45, 7) is 2.12. The van der Waals surface area contributed by atoms with E-state index in [1.807, 2.05) is 4.90 Å². The molecule has 1 heterocycles. The Kier molecular flexibility index (Phi) is 6.75. The Labute approximate surface area is 113 Å². The molecule has 0 bridgehead atoms. The predicted molar refractivity (Wildman–Crippen MR) is 69.3 cm³/mol. The van der Waals surface area contributed by atoms with E-state index in [0.29, 0.717) is 32.5 Å². The molecule has 0 radical (unpaired) electrons. The summed E-state index contributed by atoms with van der Waals surface area (Å²) in [5.74, 6) is -0.910. The third-order valence-corrected chi connectivity index (χ3v) is 3.21. The summed E-state index contributed by atoms with van der Waals surface area (Å²) in [7, 11) is 1.36. The van der Waals surface area contributed by atoms with Crippen molar-refractivity contribution in [2.75, 3.05) is 39.9 Å². The standard InChI is InChI=1S/C12H23N3O4/c1-19-12(18)9-5-10(14-3-2-4-16)7-15(6-9)8-11(13)17/h9-10,14,16H,2-8H2,1H3,(H2,13,17). The number of aliphatic hydroxyl groups is 1. The minimum Gasteiger partial charge on any atom is -0.469 e. The maximum absolute atomic E-state index is 11.6. The Morgan fingerprint density at radius 1 is 1.47 bits per heavy atom. The van der Waals surface area contributed by atoms with Crippen LogP contribution in [0, 0.1) is 5.92 Å². The van der Waals surface area contributed by atoms with E-state index in [4.69, 9.17) is 15.6 Å². The van der Waals surface area contributed by atoms with Crippen LogP contribution in [0.4, 0.5) is 0 Å². The summed E-state index contributed by atoms with van der Waals surface area (Å²) in [5, 5.41) is 12.0. The molecule has 0 aromatic rings. The molecular formula is C12H23N3O4. The van der Waals surface area contributed by atoms with Crippen LogP contribution in [0.2, 0.25) is 0 Å². The largest absolute Gasteiger partial charge is 0.469 e. The number of likely N-dealkylation sites (tertiary alicyclic amines) is 1. The third-order valence-electron chi connectivity index (χ3n) is 3.21. The van der Waals surface area contributed by atoms with Gasteiger partial charge in [0.1, 0.15) is 0 Å². The summed E-state index contributed by atoms with van der Waals surface area (Å²) < 4.78 is 4.77. The van der Waals surface area contributed by atoms with Crippen LogP contribution in [0.1, 0.15) is 12.8 Å². The molecule has 110 valence electrons. The highest BCUT2D eigenvalue weighted by molar-refractivity contribution is 5.76. The fraction of sp³-hybridized carbons (Fsp3) is 0.833. The van der Waals surface area contributed by atoms with E-state index >= 15 is 0 Å². The van der Waals surface area contributed by atoms with E-state index < -0.39 is 5.91 Å². The number of ether oxygens (including phenoxy) is 1. The average molecular weight is 273 g/mol. The van der Waals surface area contributed by atoms with Crippen molar-refractivity contribution >= 4 is 11.9 Å². The van der Waals surface area contributed by atoms with Gasteiger partial charge in [0.25, 0.3) is 0 Å². The molecule has 1 amide bonds. The first-order chi connectivity index (χ1) is 9.06. The number of methoxy groups -OCH3 is 1. The Bertz CT molecular complexity index is 311. The minimum atomic E-state index is -0.403. The van der Waals surface area contributed by atoms with Crippen molar-refractivity contribution in [2.24, 2.45) is 11.7 Å². The van der Waals surface area contributed by atoms with Gasteiger partial charge in [-0.2, -0.15) is 0 Å². The van der Waals surface area contributed by atoms with Crippen molar-refractivity contribution in [1.29, 1.82) is 0 Å². The zero-order valence-corrected chi connectivity index (χ0v) is 11.3. The molecule has 0 aromatic heterocycles. The highest BCUT2D eigenvalue weighted by atomic mass is 16.5. The molecule has 1 fully saturated rings. The molecule has 2 unspecified atom stereocenters. The Balaban J connectivity index is 2.55. The van der Waals surface area contributed by atoms with E-state index in [1.54, 1.807) is 0 Å². The van der Waals surface area contributed by atoms with Crippen LogP contribution in [0.25, 0.3) is 0 Å². The molecule has 1 saturated heterocycles. The number of nitrogens with one attached hydrogen (secondary N) is 1. The lowest BCUT2D eigenvalue weighted by molar-refractivity contribution is -0.148. The lowest BCUT2D eigenvalue weighted by Crippen LogP contribution is -2.53. The van der Waals surface area contributed by atoms with Gasteiger partial charge in [-0.15, -0.1) is 0 Å². The average Bonchev–Trinajstić information content (AvgIpc) is 2.37. The van der Waals surface area contributed by atoms with Crippen molar-refractivity contribution in [3.8, 4) is 0 Å². The SMILES string of the molecule is COC(=O)C1CC(NCCCO)CN(CC(N)=O)C1. The van der Waals surface area contributed by atoms with Gasteiger partial charge in [-0.3, -0.25) is 14.5 Å². The van der Waals surface area contributed by atoms with Gasteiger partial charge >= 0.3 is 5.97 Å². The zero-order valence-electron chi connectivity index (χ0n) is 11.3. The topological polar surface area (TPSA) is 105 Å². The fourth-order valence-corrected chi connectivity index (χ4v) is 2.41. The number of carbonyl (C=O) groups excluding carboxylic acids is 2. The number of esters is 1. The summed E-state index contributed by atoms with van der Waals surface area (Å²) in [5.41, 5.74) is 5.19. The molecule has 0 saturated carbocycles. The van der Waals surface area contributed by atoms with Gasteiger partial charge in [0.15, 0.2) is 0 Å². The quantitative estimate of drug-likeness (QED) is 0.377. The van der Waals surface area contributed by atoms with Gasteiger partial charge in [-0.25, -0.2) is 0 Å². The smallest absolute Gasteiger partial charge is 0.310 e. The molecule has 1 aliphatic rings. The highest BCUT2D eigenvalue weighted by Gasteiger charge is 2.32. The molecule has 7 nitrogen and oxygen atoms in total. The van der Waals surface area contributed by atoms with Gasteiger partial charge in [-0.05, 0) is 19.4 Å². The second-order valence-electron chi connectivity index (χ2n) is 4.84. The zero-order chi connectivity index (χ0) is 14.3. The molecule has 0 aliphatic carbocycles. The van der Waals surface area contributed by atoms with Crippen molar-refractivity contribution in [3.63, 3.8) is 0 Å². The number of nitrogens with two attached hydrogens (primary N) is 1. The number of aliphatic hydroxyl groups excluding tert-OH is 1. The van der Waals surface area contributed by atoms with Crippen LogP contribution < -0.4 is 11.1 Å². The monoisotopic (exact) mass is 273 g/mol. The maximum Gasteiger partial charge on any atom is 0.310 e. The Morgan fingerprint density at radius 2 is 2.21 bits per heavy atom. The molecule has 1 rings (SSSR count). The van der Waals surface area contributed by atoms with Gasteiger partial charge in [0.05, 0.1) is 19.6 Å². The Morgan fingerprint density at radius 3 is 2.79 bits per heavy atom. The fourth-order valence-electron chi connectivity index (χ4n) is 2.41. The summed E-state index contributed by atoms with van der Waals surface area (Å²) in [6.07, 6.45) is 1.34. The van der Waals surface area contributed by atoms with E-state index in [0.717, 1.165) is 0 Å². The summed E-state index contributed by atoms with van der Waals surface area (Å²) >= 11 is 0. The van der Waals surface area contributed by atoms with Crippen LogP contribution in [0.3, 0.4) is 0 Å². The van der Waals surface area contributed by atoms with Crippen molar-refractivity contribution in [3.05, 3.63) is 0 Å². The second-order valence-corrected chi connectivity index (χ2v) is 4.84. The van der Waals surface area contributed by atoms with E-state index in [2.05, 4.69) is 5.32 Å². The van der Waals surface area contributed by atoms with Gasteiger partial charge in [0, 0.05) is 25.7 Å². The summed E-state index contributed by atoms with van der Waals surface area (Å²) in [4.78, 5) is 24.5. The molecule has 1 aliphatic heterocycles. The number of carbonyl (C=O) groups is 2. The third kappa shape index (κ3) is 5.54. The van der Waals surface area contributed by atoms with Gasteiger partial charge in [0.2, 0.25) is 5.91 Å². The number of hydrogen-bond donors (Lipinski definition) is 3. The van der Waals surface area contributed by atoms with Crippen molar-refractivity contribution in [1.82, 2.24) is 10.2 Å². The molecule has 0 aromatic carbocycles. The van der Waals surface area contributed by atoms with Gasteiger partial charge in [-0.1, -0.05) is 0 Å². The lowest BCUT2D eigenvalue weighted by atomic mass is 9.94. The van der Waals surface area contributed by atoms with E-state index in [9.17, 15) is 9.59 Å².